The van der Waals surface area contributed by atoms with Crippen LogP contribution in [0.4, 0.5) is 8.78 Å². The fourth-order valence-corrected chi connectivity index (χ4v) is 2.03. The molecule has 1 unspecified atom stereocenters. The molecule has 0 radical (unpaired) electrons. The standard InChI is InChI=1S/C16H17F2NO/c1-11(9-12-5-7-14(17)8-6-12)19-10-13-3-2-4-15(18)16(13)20/h2-8,11,19-20H,9-10H2,1H3. The summed E-state index contributed by atoms with van der Waals surface area (Å²) in [6, 6.07) is 10.9. The molecule has 0 saturated carbocycles. The van der Waals surface area contributed by atoms with Crippen LogP contribution in [0.1, 0.15) is 18.1 Å². The monoisotopic (exact) mass is 277 g/mol. The van der Waals surface area contributed by atoms with Crippen LogP contribution in [-0.4, -0.2) is 11.1 Å². The molecular weight excluding hydrogens is 260 g/mol. The van der Waals surface area contributed by atoms with Crippen LogP contribution in [0.5, 0.6) is 5.75 Å². The third-order valence-corrected chi connectivity index (χ3v) is 3.17. The van der Waals surface area contributed by atoms with Gasteiger partial charge in [-0.2, -0.15) is 0 Å². The van der Waals surface area contributed by atoms with Gasteiger partial charge in [0.25, 0.3) is 0 Å². The van der Waals surface area contributed by atoms with E-state index in [9.17, 15) is 13.9 Å². The number of hydrogen-bond donors (Lipinski definition) is 2. The zero-order valence-electron chi connectivity index (χ0n) is 11.2. The number of benzene rings is 2. The minimum atomic E-state index is -0.615. The Morgan fingerprint density at radius 3 is 2.50 bits per heavy atom. The average Bonchev–Trinajstić information content (AvgIpc) is 2.43. The number of phenols is 1. The third kappa shape index (κ3) is 3.78. The minimum absolute atomic E-state index is 0.128. The van der Waals surface area contributed by atoms with E-state index >= 15 is 0 Å². The lowest BCUT2D eigenvalue weighted by Gasteiger charge is -2.14. The Kier molecular flexibility index (Phi) is 4.69. The Morgan fingerprint density at radius 1 is 1.10 bits per heavy atom. The molecule has 0 aromatic heterocycles. The first-order valence-electron chi connectivity index (χ1n) is 6.50. The number of aromatic hydroxyl groups is 1. The van der Waals surface area contributed by atoms with Crippen molar-refractivity contribution in [3.05, 3.63) is 65.2 Å². The van der Waals surface area contributed by atoms with Crippen LogP contribution in [0.25, 0.3) is 0 Å². The average molecular weight is 277 g/mol. The number of rotatable bonds is 5. The van der Waals surface area contributed by atoms with Crippen LogP contribution in [0.3, 0.4) is 0 Å². The molecule has 2 rings (SSSR count). The first-order valence-corrected chi connectivity index (χ1v) is 6.50. The van der Waals surface area contributed by atoms with Gasteiger partial charge < -0.3 is 10.4 Å². The fraction of sp³-hybridized carbons (Fsp3) is 0.250. The van der Waals surface area contributed by atoms with Crippen molar-refractivity contribution in [3.63, 3.8) is 0 Å². The highest BCUT2D eigenvalue weighted by Crippen LogP contribution is 2.20. The molecule has 0 aliphatic heterocycles. The minimum Gasteiger partial charge on any atom is -0.505 e. The van der Waals surface area contributed by atoms with Crippen LogP contribution in [0.15, 0.2) is 42.5 Å². The lowest BCUT2D eigenvalue weighted by atomic mass is 10.1. The Balaban J connectivity index is 1.90. The Hall–Kier alpha value is -1.94. The molecular formula is C16H17F2NO. The molecule has 0 aliphatic rings. The number of phenolic OH excluding ortho intramolecular Hbond substituents is 1. The molecule has 2 aromatic carbocycles. The second kappa shape index (κ2) is 6.48. The molecule has 0 aliphatic carbocycles. The van der Waals surface area contributed by atoms with E-state index in [2.05, 4.69) is 5.32 Å². The predicted molar refractivity (Wildman–Crippen MR) is 74.5 cm³/mol. The van der Waals surface area contributed by atoms with Crippen molar-refractivity contribution in [3.8, 4) is 5.75 Å². The normalized spacial score (nSPS) is 12.3. The highest BCUT2D eigenvalue weighted by atomic mass is 19.1. The summed E-state index contributed by atoms with van der Waals surface area (Å²) in [6.45, 7) is 2.37. The highest BCUT2D eigenvalue weighted by molar-refractivity contribution is 5.33. The molecule has 0 amide bonds. The largest absolute Gasteiger partial charge is 0.505 e. The topological polar surface area (TPSA) is 32.3 Å². The van der Waals surface area contributed by atoms with E-state index in [1.54, 1.807) is 24.3 Å². The number of para-hydroxylation sites is 1. The van der Waals surface area contributed by atoms with E-state index < -0.39 is 5.82 Å². The summed E-state index contributed by atoms with van der Waals surface area (Å²) in [7, 11) is 0. The van der Waals surface area contributed by atoms with Crippen molar-refractivity contribution in [1.29, 1.82) is 0 Å². The van der Waals surface area contributed by atoms with E-state index in [1.807, 2.05) is 6.92 Å². The molecule has 0 bridgehead atoms. The molecule has 0 heterocycles. The molecule has 106 valence electrons. The van der Waals surface area contributed by atoms with Crippen molar-refractivity contribution < 1.29 is 13.9 Å². The number of hydrogen-bond acceptors (Lipinski definition) is 2. The molecule has 4 heteroatoms. The summed E-state index contributed by atoms with van der Waals surface area (Å²) in [4.78, 5) is 0. The van der Waals surface area contributed by atoms with E-state index in [-0.39, 0.29) is 17.6 Å². The van der Waals surface area contributed by atoms with Crippen molar-refractivity contribution in [2.75, 3.05) is 0 Å². The summed E-state index contributed by atoms with van der Waals surface area (Å²) in [5.74, 6) is -1.18. The molecule has 2 aromatic rings. The summed E-state index contributed by atoms with van der Waals surface area (Å²) >= 11 is 0. The predicted octanol–water partition coefficient (Wildman–Crippen LogP) is 3.39. The van der Waals surface area contributed by atoms with E-state index in [0.29, 0.717) is 12.1 Å². The quantitative estimate of drug-likeness (QED) is 0.878. The maximum Gasteiger partial charge on any atom is 0.165 e. The van der Waals surface area contributed by atoms with Crippen LogP contribution in [-0.2, 0) is 13.0 Å². The fourth-order valence-electron chi connectivity index (χ4n) is 2.03. The van der Waals surface area contributed by atoms with Crippen molar-refractivity contribution in [2.45, 2.75) is 25.9 Å². The first kappa shape index (κ1) is 14.5. The second-order valence-electron chi connectivity index (χ2n) is 4.86. The highest BCUT2D eigenvalue weighted by Gasteiger charge is 2.08. The van der Waals surface area contributed by atoms with Gasteiger partial charge in [-0.3, -0.25) is 0 Å². The van der Waals surface area contributed by atoms with Crippen molar-refractivity contribution in [1.82, 2.24) is 5.32 Å². The van der Waals surface area contributed by atoms with Gasteiger partial charge in [0.1, 0.15) is 5.82 Å². The Bertz CT molecular complexity index is 569. The third-order valence-electron chi connectivity index (χ3n) is 3.17. The summed E-state index contributed by atoms with van der Waals surface area (Å²) < 4.78 is 26.0. The van der Waals surface area contributed by atoms with Gasteiger partial charge in [-0.15, -0.1) is 0 Å². The lowest BCUT2D eigenvalue weighted by molar-refractivity contribution is 0.420. The van der Waals surface area contributed by atoms with Gasteiger partial charge in [0, 0.05) is 18.2 Å². The zero-order valence-corrected chi connectivity index (χ0v) is 11.2. The van der Waals surface area contributed by atoms with Gasteiger partial charge in [-0.05, 0) is 37.1 Å². The lowest BCUT2D eigenvalue weighted by Crippen LogP contribution is -2.27. The molecule has 0 spiro atoms. The number of nitrogens with one attached hydrogen (secondary N) is 1. The number of halogens is 2. The Morgan fingerprint density at radius 2 is 1.80 bits per heavy atom. The smallest absolute Gasteiger partial charge is 0.165 e. The van der Waals surface area contributed by atoms with Gasteiger partial charge in [0.2, 0.25) is 0 Å². The Labute approximate surface area is 117 Å². The molecule has 2 N–H and O–H groups in total. The molecule has 0 saturated heterocycles. The SMILES string of the molecule is CC(Cc1ccc(F)cc1)NCc1cccc(F)c1O. The maximum atomic E-state index is 13.2. The summed E-state index contributed by atoms with van der Waals surface area (Å²) in [5.41, 5.74) is 1.55. The van der Waals surface area contributed by atoms with Gasteiger partial charge in [-0.1, -0.05) is 24.3 Å². The van der Waals surface area contributed by atoms with Crippen LogP contribution in [0.2, 0.25) is 0 Å². The molecule has 0 fully saturated rings. The second-order valence-corrected chi connectivity index (χ2v) is 4.86. The van der Waals surface area contributed by atoms with E-state index in [4.69, 9.17) is 0 Å². The van der Waals surface area contributed by atoms with E-state index in [0.717, 1.165) is 12.0 Å². The summed E-state index contributed by atoms with van der Waals surface area (Å²) in [6.07, 6.45) is 0.732. The van der Waals surface area contributed by atoms with Crippen molar-refractivity contribution >= 4 is 0 Å². The van der Waals surface area contributed by atoms with Crippen LogP contribution >= 0.6 is 0 Å². The molecule has 1 atom stereocenters. The van der Waals surface area contributed by atoms with Crippen molar-refractivity contribution in [2.24, 2.45) is 0 Å². The summed E-state index contributed by atoms with van der Waals surface area (Å²) in [5, 5.41) is 12.8. The molecule has 2 nitrogen and oxygen atoms in total. The van der Waals surface area contributed by atoms with Crippen LogP contribution < -0.4 is 5.32 Å². The van der Waals surface area contributed by atoms with Crippen LogP contribution in [0, 0.1) is 11.6 Å². The maximum absolute atomic E-state index is 13.2. The first-order chi connectivity index (χ1) is 9.56. The van der Waals surface area contributed by atoms with E-state index in [1.165, 1.54) is 18.2 Å². The van der Waals surface area contributed by atoms with Gasteiger partial charge >= 0.3 is 0 Å². The van der Waals surface area contributed by atoms with Gasteiger partial charge in [0.05, 0.1) is 0 Å². The van der Waals surface area contributed by atoms with Gasteiger partial charge in [-0.25, -0.2) is 8.78 Å². The zero-order chi connectivity index (χ0) is 14.5. The molecule has 20 heavy (non-hydrogen) atoms. The van der Waals surface area contributed by atoms with Gasteiger partial charge in [0.15, 0.2) is 11.6 Å².